The molecule has 0 heterocycles. The van der Waals surface area contributed by atoms with Crippen LogP contribution in [-0.4, -0.2) is 32.1 Å². The Hall–Kier alpha value is -0.610. The number of nitrogens with two attached hydrogens (primary N) is 1. The van der Waals surface area contributed by atoms with Crippen LogP contribution in [0.25, 0.3) is 0 Å². The van der Waals surface area contributed by atoms with Crippen LogP contribution in [0.3, 0.4) is 0 Å². The Morgan fingerprint density at radius 3 is 2.82 bits per heavy atom. The zero-order valence-electron chi connectivity index (χ0n) is 7.12. The zero-order valence-corrected chi connectivity index (χ0v) is 7.12. The third-order valence-corrected chi connectivity index (χ3v) is 0.894. The fourth-order valence-corrected chi connectivity index (χ4v) is 0.432. The average Bonchev–Trinajstić information content (AvgIpc) is 1.96. The van der Waals surface area contributed by atoms with Crippen LogP contribution >= 0.6 is 0 Å². The second-order valence-electron chi connectivity index (χ2n) is 2.14. The van der Waals surface area contributed by atoms with Gasteiger partial charge >= 0.3 is 0 Å². The maximum absolute atomic E-state index is 5.37. The Morgan fingerprint density at radius 2 is 2.27 bits per heavy atom. The SMILES string of the molecule is CCOCCON=CC(C)N. The molecule has 0 bridgehead atoms. The molecule has 0 saturated heterocycles. The van der Waals surface area contributed by atoms with Crippen LogP contribution in [0.4, 0.5) is 0 Å². The predicted molar refractivity (Wildman–Crippen MR) is 44.6 cm³/mol. The largest absolute Gasteiger partial charge is 0.394 e. The van der Waals surface area contributed by atoms with E-state index in [1.54, 1.807) is 6.21 Å². The number of rotatable bonds is 6. The summed E-state index contributed by atoms with van der Waals surface area (Å²) in [5.74, 6) is 0. The zero-order chi connectivity index (χ0) is 8.53. The quantitative estimate of drug-likeness (QED) is 0.347. The van der Waals surface area contributed by atoms with E-state index in [1.807, 2.05) is 13.8 Å². The topological polar surface area (TPSA) is 56.8 Å². The summed E-state index contributed by atoms with van der Waals surface area (Å²) in [4.78, 5) is 4.81. The first-order valence-corrected chi connectivity index (χ1v) is 3.76. The molecule has 0 aliphatic rings. The van der Waals surface area contributed by atoms with E-state index < -0.39 is 0 Å². The molecule has 0 fully saturated rings. The summed E-state index contributed by atoms with van der Waals surface area (Å²) in [6.07, 6.45) is 1.55. The summed E-state index contributed by atoms with van der Waals surface area (Å²) in [6, 6.07) is -0.0536. The first-order chi connectivity index (χ1) is 5.27. The molecule has 66 valence electrons. The first kappa shape index (κ1) is 10.4. The van der Waals surface area contributed by atoms with Gasteiger partial charge < -0.3 is 15.3 Å². The van der Waals surface area contributed by atoms with Gasteiger partial charge in [0, 0.05) is 12.6 Å². The van der Waals surface area contributed by atoms with E-state index >= 15 is 0 Å². The standard InChI is InChI=1S/C7H16N2O2/c1-3-10-4-5-11-9-6-7(2)8/h6-7H,3-5,8H2,1-2H3. The summed E-state index contributed by atoms with van der Waals surface area (Å²) in [7, 11) is 0. The van der Waals surface area contributed by atoms with Gasteiger partial charge in [-0.3, -0.25) is 0 Å². The molecule has 1 unspecified atom stereocenters. The lowest BCUT2D eigenvalue weighted by Crippen LogP contribution is -2.16. The fourth-order valence-electron chi connectivity index (χ4n) is 0.432. The van der Waals surface area contributed by atoms with Gasteiger partial charge in [-0.15, -0.1) is 0 Å². The van der Waals surface area contributed by atoms with Crippen LogP contribution in [-0.2, 0) is 9.57 Å². The fraction of sp³-hybridized carbons (Fsp3) is 0.857. The monoisotopic (exact) mass is 160 g/mol. The van der Waals surface area contributed by atoms with E-state index in [2.05, 4.69) is 5.16 Å². The number of oxime groups is 1. The molecule has 0 rings (SSSR count). The Morgan fingerprint density at radius 1 is 1.55 bits per heavy atom. The molecule has 11 heavy (non-hydrogen) atoms. The van der Waals surface area contributed by atoms with E-state index in [4.69, 9.17) is 15.3 Å². The van der Waals surface area contributed by atoms with Crippen molar-refractivity contribution in [2.45, 2.75) is 19.9 Å². The van der Waals surface area contributed by atoms with Gasteiger partial charge in [0.15, 0.2) is 0 Å². The van der Waals surface area contributed by atoms with Crippen molar-refractivity contribution in [2.75, 3.05) is 19.8 Å². The Labute approximate surface area is 67.3 Å². The Kier molecular flexibility index (Phi) is 7.08. The molecule has 0 aromatic heterocycles. The van der Waals surface area contributed by atoms with Crippen LogP contribution < -0.4 is 5.73 Å². The van der Waals surface area contributed by atoms with Crippen molar-refractivity contribution in [1.29, 1.82) is 0 Å². The molecule has 0 aliphatic carbocycles. The average molecular weight is 160 g/mol. The molecule has 4 nitrogen and oxygen atoms in total. The maximum atomic E-state index is 5.37. The van der Waals surface area contributed by atoms with Crippen molar-refractivity contribution in [3.05, 3.63) is 0 Å². The number of hydrogen-bond donors (Lipinski definition) is 1. The molecule has 0 amide bonds. The van der Waals surface area contributed by atoms with E-state index in [9.17, 15) is 0 Å². The van der Waals surface area contributed by atoms with Crippen molar-refractivity contribution in [2.24, 2.45) is 10.9 Å². The van der Waals surface area contributed by atoms with Crippen molar-refractivity contribution < 1.29 is 9.57 Å². The van der Waals surface area contributed by atoms with Gasteiger partial charge in [0.25, 0.3) is 0 Å². The van der Waals surface area contributed by atoms with Crippen molar-refractivity contribution in [1.82, 2.24) is 0 Å². The van der Waals surface area contributed by atoms with Gasteiger partial charge in [-0.2, -0.15) is 0 Å². The third-order valence-electron chi connectivity index (χ3n) is 0.894. The summed E-state index contributed by atoms with van der Waals surface area (Å²) in [5.41, 5.74) is 5.37. The lowest BCUT2D eigenvalue weighted by molar-refractivity contribution is 0.0565. The first-order valence-electron chi connectivity index (χ1n) is 3.76. The van der Waals surface area contributed by atoms with Crippen LogP contribution in [0.1, 0.15) is 13.8 Å². The molecule has 0 aromatic rings. The lowest BCUT2D eigenvalue weighted by Gasteiger charge is -1.99. The minimum Gasteiger partial charge on any atom is -0.394 e. The second-order valence-corrected chi connectivity index (χ2v) is 2.14. The maximum Gasteiger partial charge on any atom is 0.140 e. The van der Waals surface area contributed by atoms with Gasteiger partial charge in [-0.05, 0) is 13.8 Å². The summed E-state index contributed by atoms with van der Waals surface area (Å²) < 4.78 is 5.01. The smallest absolute Gasteiger partial charge is 0.140 e. The molecule has 4 heteroatoms. The van der Waals surface area contributed by atoms with E-state index in [1.165, 1.54) is 0 Å². The molecule has 1 atom stereocenters. The van der Waals surface area contributed by atoms with Gasteiger partial charge in [-0.25, -0.2) is 0 Å². The van der Waals surface area contributed by atoms with Crippen LogP contribution in [0.15, 0.2) is 5.16 Å². The highest BCUT2D eigenvalue weighted by molar-refractivity contribution is 5.62. The third kappa shape index (κ3) is 9.39. The lowest BCUT2D eigenvalue weighted by atomic mass is 10.4. The van der Waals surface area contributed by atoms with Gasteiger partial charge in [0.05, 0.1) is 12.8 Å². The van der Waals surface area contributed by atoms with Crippen LogP contribution in [0.5, 0.6) is 0 Å². The molecular weight excluding hydrogens is 144 g/mol. The number of ether oxygens (including phenoxy) is 1. The molecule has 0 saturated carbocycles. The minimum atomic E-state index is -0.0536. The molecule has 0 aliphatic heterocycles. The number of hydrogen-bond acceptors (Lipinski definition) is 4. The second kappa shape index (κ2) is 7.50. The molecule has 0 spiro atoms. The van der Waals surface area contributed by atoms with Crippen LogP contribution in [0, 0.1) is 0 Å². The highest BCUT2D eigenvalue weighted by Gasteiger charge is 1.85. The summed E-state index contributed by atoms with van der Waals surface area (Å²) in [6.45, 7) is 5.53. The normalized spacial score (nSPS) is 13.7. The molecular formula is C7H16N2O2. The molecule has 0 radical (unpaired) electrons. The highest BCUT2D eigenvalue weighted by Crippen LogP contribution is 1.78. The van der Waals surface area contributed by atoms with Gasteiger partial charge in [0.1, 0.15) is 6.61 Å². The van der Waals surface area contributed by atoms with Crippen LogP contribution in [0.2, 0.25) is 0 Å². The highest BCUT2D eigenvalue weighted by atomic mass is 16.6. The minimum absolute atomic E-state index is 0.0536. The predicted octanol–water partition coefficient (Wildman–Crippen LogP) is 0.373. The van der Waals surface area contributed by atoms with Crippen molar-refractivity contribution in [3.8, 4) is 0 Å². The van der Waals surface area contributed by atoms with Crippen molar-refractivity contribution in [3.63, 3.8) is 0 Å². The van der Waals surface area contributed by atoms with Crippen molar-refractivity contribution >= 4 is 6.21 Å². The molecule has 2 N–H and O–H groups in total. The summed E-state index contributed by atoms with van der Waals surface area (Å²) >= 11 is 0. The van der Waals surface area contributed by atoms with Gasteiger partial charge in [-0.1, -0.05) is 5.16 Å². The van der Waals surface area contributed by atoms with E-state index in [-0.39, 0.29) is 6.04 Å². The van der Waals surface area contributed by atoms with E-state index in [0.29, 0.717) is 19.8 Å². The Balaban J connectivity index is 3.01. The number of nitrogens with zero attached hydrogens (tertiary/aromatic N) is 1. The van der Waals surface area contributed by atoms with Gasteiger partial charge in [0.2, 0.25) is 0 Å². The van der Waals surface area contributed by atoms with E-state index in [0.717, 1.165) is 0 Å². The molecule has 0 aromatic carbocycles. The Bertz CT molecular complexity index is 105. The summed E-state index contributed by atoms with van der Waals surface area (Å²) in [5, 5.41) is 3.61.